The van der Waals surface area contributed by atoms with Crippen molar-refractivity contribution in [1.82, 2.24) is 10.4 Å². The summed E-state index contributed by atoms with van der Waals surface area (Å²) in [4.78, 5) is 6.22. The second-order valence-electron chi connectivity index (χ2n) is 1.73. The number of nitrogens with one attached hydrogen (secondary N) is 1. The number of nitrogens with zero attached hydrogens (tertiary/aromatic N) is 4. The minimum atomic E-state index is 0.685. The normalized spacial score (nSPS) is 7.08. The number of pyridine rings is 1. The van der Waals surface area contributed by atoms with E-state index in [1.54, 1.807) is 12.4 Å². The van der Waals surface area contributed by atoms with Crippen LogP contribution in [0.1, 0.15) is 6.92 Å². The second-order valence-corrected chi connectivity index (χ2v) is 1.73. The molecule has 0 unspecified atom stereocenters. The summed E-state index contributed by atoms with van der Waals surface area (Å²) in [5, 5.41) is 3.02. The first-order chi connectivity index (χ1) is 5.91. The summed E-state index contributed by atoms with van der Waals surface area (Å²) in [6, 6.07) is 5.72. The molecule has 0 saturated heterocycles. The molecule has 64 valence electrons. The first kappa shape index (κ1) is 10.3. The van der Waals surface area contributed by atoms with Crippen molar-refractivity contribution >= 4 is 0 Å². The predicted octanol–water partition coefficient (Wildman–Crippen LogP) is 1.90. The zero-order valence-electron chi connectivity index (χ0n) is 6.88. The van der Waals surface area contributed by atoms with Crippen LogP contribution in [-0.2, 0) is 0 Å². The van der Waals surface area contributed by atoms with E-state index in [1.807, 2.05) is 25.1 Å². The fraction of sp³-hybridized carbons (Fsp3) is 0.286. The molecule has 5 nitrogen and oxygen atoms in total. The molecule has 1 rings (SSSR count). The molecule has 0 aliphatic heterocycles. The van der Waals surface area contributed by atoms with E-state index in [9.17, 15) is 0 Å². The van der Waals surface area contributed by atoms with Gasteiger partial charge in [-0.1, -0.05) is 6.07 Å². The summed E-state index contributed by atoms with van der Waals surface area (Å²) in [7, 11) is 0. The molecule has 0 saturated carbocycles. The van der Waals surface area contributed by atoms with Crippen molar-refractivity contribution in [3.8, 4) is 0 Å². The van der Waals surface area contributed by atoms with E-state index in [-0.39, 0.29) is 0 Å². The number of azide groups is 1. The monoisotopic (exact) mass is 165 g/mol. The van der Waals surface area contributed by atoms with Crippen LogP contribution in [0.4, 0.5) is 0 Å². The highest BCUT2D eigenvalue weighted by molar-refractivity contribution is 4.88. The van der Waals surface area contributed by atoms with Gasteiger partial charge in [0.25, 0.3) is 0 Å². The molecule has 5 heteroatoms. The van der Waals surface area contributed by atoms with Crippen molar-refractivity contribution in [1.29, 1.82) is 0 Å². The maximum atomic E-state index is 7.59. The molecule has 12 heavy (non-hydrogen) atoms. The molecule has 0 atom stereocenters. The van der Waals surface area contributed by atoms with Crippen molar-refractivity contribution < 1.29 is 0 Å². The van der Waals surface area contributed by atoms with Crippen LogP contribution in [0.15, 0.2) is 35.8 Å². The highest BCUT2D eigenvalue weighted by Crippen LogP contribution is 1.73. The van der Waals surface area contributed by atoms with Gasteiger partial charge in [0.05, 0.1) is 6.54 Å². The third-order valence-corrected chi connectivity index (χ3v) is 0.840. The zero-order valence-corrected chi connectivity index (χ0v) is 6.88. The minimum Gasteiger partial charge on any atom is -0.265 e. The first-order valence-corrected chi connectivity index (χ1v) is 3.53. The van der Waals surface area contributed by atoms with E-state index in [0.717, 1.165) is 0 Å². The van der Waals surface area contributed by atoms with Gasteiger partial charge in [-0.15, -0.1) is 5.53 Å². The van der Waals surface area contributed by atoms with Gasteiger partial charge in [0.15, 0.2) is 0 Å². The summed E-state index contributed by atoms with van der Waals surface area (Å²) in [6.07, 6.45) is 3.50. The Hall–Kier alpha value is -1.74. The van der Waals surface area contributed by atoms with E-state index >= 15 is 0 Å². The third kappa shape index (κ3) is 8.26. The van der Waals surface area contributed by atoms with E-state index in [4.69, 9.17) is 5.53 Å². The Balaban J connectivity index is 0.000000202. The fourth-order valence-corrected chi connectivity index (χ4v) is 0.415. The van der Waals surface area contributed by atoms with Crippen molar-refractivity contribution in [2.24, 2.45) is 5.22 Å². The van der Waals surface area contributed by atoms with E-state index in [0.29, 0.717) is 6.54 Å². The van der Waals surface area contributed by atoms with Crippen molar-refractivity contribution in [3.05, 3.63) is 41.0 Å². The maximum absolute atomic E-state index is 7.59. The molecule has 0 spiro atoms. The first-order valence-electron chi connectivity index (χ1n) is 3.53. The summed E-state index contributed by atoms with van der Waals surface area (Å²) in [5.74, 6) is 0. The Morgan fingerprint density at radius 3 is 2.25 bits per heavy atom. The van der Waals surface area contributed by atoms with Gasteiger partial charge in [0.2, 0.25) is 0 Å². The molecular formula is C7H11N5. The highest BCUT2D eigenvalue weighted by atomic mass is 15.4. The lowest BCUT2D eigenvalue weighted by Gasteiger charge is -1.77. The van der Waals surface area contributed by atoms with Crippen LogP contribution in [0, 0.1) is 0 Å². The molecule has 1 heterocycles. The van der Waals surface area contributed by atoms with Crippen LogP contribution < -0.4 is 5.43 Å². The lowest BCUT2D eigenvalue weighted by Crippen LogP contribution is -1.99. The van der Waals surface area contributed by atoms with Crippen LogP contribution in [0.25, 0.3) is 10.4 Å². The zero-order chi connectivity index (χ0) is 9.07. The summed E-state index contributed by atoms with van der Waals surface area (Å²) >= 11 is 0. The van der Waals surface area contributed by atoms with E-state index < -0.39 is 0 Å². The van der Waals surface area contributed by atoms with Gasteiger partial charge >= 0.3 is 0 Å². The number of aromatic nitrogens is 1. The largest absolute Gasteiger partial charge is 0.265 e. The highest BCUT2D eigenvalue weighted by Gasteiger charge is 1.61. The smallest absolute Gasteiger partial charge is 0.0831 e. The van der Waals surface area contributed by atoms with Crippen molar-refractivity contribution in [2.45, 2.75) is 6.92 Å². The number of rotatable bonds is 2. The van der Waals surface area contributed by atoms with Gasteiger partial charge in [-0.05, 0) is 24.3 Å². The Morgan fingerprint density at radius 1 is 1.42 bits per heavy atom. The second kappa shape index (κ2) is 9.26. The topological polar surface area (TPSA) is 73.7 Å². The van der Waals surface area contributed by atoms with Crippen molar-refractivity contribution in [2.75, 3.05) is 6.54 Å². The summed E-state index contributed by atoms with van der Waals surface area (Å²) < 4.78 is 0. The molecular weight excluding hydrogens is 154 g/mol. The Kier molecular flexibility index (Phi) is 7.92. The molecule has 1 aromatic rings. The van der Waals surface area contributed by atoms with E-state index in [2.05, 4.69) is 20.5 Å². The molecule has 0 radical (unpaired) electrons. The standard InChI is InChI=1S/C5H5N.C2H6N4/c1-2-4-6-5-3-1;1-2-4-6-5-3/h1-5H;4H,2H2,1H3. The van der Waals surface area contributed by atoms with Crippen LogP contribution in [-0.4, -0.2) is 11.5 Å². The maximum Gasteiger partial charge on any atom is 0.0831 e. The molecule has 0 bridgehead atoms. The molecule has 0 aliphatic carbocycles. The molecule has 0 fully saturated rings. The number of hydrogen-bond acceptors (Lipinski definition) is 2. The Morgan fingerprint density at radius 2 is 2.08 bits per heavy atom. The molecule has 1 N–H and O–H groups in total. The Labute approximate surface area is 71.0 Å². The van der Waals surface area contributed by atoms with Gasteiger partial charge in [0.1, 0.15) is 0 Å². The van der Waals surface area contributed by atoms with Gasteiger partial charge in [0, 0.05) is 12.4 Å². The quantitative estimate of drug-likeness (QED) is 0.314. The molecule has 0 aromatic carbocycles. The van der Waals surface area contributed by atoms with Crippen LogP contribution in [0.2, 0.25) is 0 Å². The lowest BCUT2D eigenvalue weighted by molar-refractivity contribution is 0.771. The molecule has 0 amide bonds. The van der Waals surface area contributed by atoms with Crippen molar-refractivity contribution in [3.63, 3.8) is 0 Å². The summed E-state index contributed by atoms with van der Waals surface area (Å²) in [5.41, 5.74) is 10.00. The van der Waals surface area contributed by atoms with Crippen LogP contribution in [0.3, 0.4) is 0 Å². The number of hydrogen-bond donors (Lipinski definition) is 1. The molecule has 1 aromatic heterocycles. The fourth-order valence-electron chi connectivity index (χ4n) is 0.415. The van der Waals surface area contributed by atoms with Gasteiger partial charge < -0.3 is 0 Å². The van der Waals surface area contributed by atoms with Gasteiger partial charge in [-0.25, -0.2) is 0 Å². The minimum absolute atomic E-state index is 0.685. The van der Waals surface area contributed by atoms with Crippen LogP contribution >= 0.6 is 0 Å². The van der Waals surface area contributed by atoms with Gasteiger partial charge in [-0.2, -0.15) is 4.91 Å². The molecule has 0 aliphatic rings. The SMILES string of the molecule is CCNN=[N+]=[N-].c1ccncc1. The predicted molar refractivity (Wildman–Crippen MR) is 47.1 cm³/mol. The summed E-state index contributed by atoms with van der Waals surface area (Å²) in [6.45, 7) is 2.54. The van der Waals surface area contributed by atoms with E-state index in [1.165, 1.54) is 0 Å². The third-order valence-electron chi connectivity index (χ3n) is 0.840. The van der Waals surface area contributed by atoms with Crippen LogP contribution in [0.5, 0.6) is 0 Å². The average Bonchev–Trinajstić information content (AvgIpc) is 2.18. The van der Waals surface area contributed by atoms with Gasteiger partial charge in [-0.3, -0.25) is 10.4 Å². The average molecular weight is 165 g/mol. The Bertz CT molecular complexity index is 190. The lowest BCUT2D eigenvalue weighted by atomic mass is 10.5.